The second kappa shape index (κ2) is 6.77. The summed E-state index contributed by atoms with van der Waals surface area (Å²) in [6.45, 7) is 1.93. The molecule has 3 fully saturated rings. The Balaban J connectivity index is 1.44. The van der Waals surface area contributed by atoms with Crippen LogP contribution in [-0.4, -0.2) is 32.7 Å². The van der Waals surface area contributed by atoms with Crippen molar-refractivity contribution >= 4 is 23.2 Å². The molecule has 2 aliphatic heterocycles. The van der Waals surface area contributed by atoms with E-state index in [1.54, 1.807) is 12.1 Å². The van der Waals surface area contributed by atoms with Gasteiger partial charge in [0.1, 0.15) is 24.2 Å². The molecule has 0 radical (unpaired) electrons. The number of nitrogens with zero attached hydrogens (tertiary/aromatic N) is 1. The Hall–Kier alpha value is -2.00. The van der Waals surface area contributed by atoms with Crippen LogP contribution in [-0.2, 0) is 27.5 Å². The number of carbonyl (C=O) groups excluding carboxylic acids is 2. The number of imide groups is 1. The maximum atomic E-state index is 13.2. The van der Waals surface area contributed by atoms with Crippen molar-refractivity contribution < 1.29 is 29.0 Å². The lowest BCUT2D eigenvalue weighted by molar-refractivity contribution is -0.266. The number of aliphatic hydroxyl groups is 2. The first kappa shape index (κ1) is 19.0. The van der Waals surface area contributed by atoms with Gasteiger partial charge in [-0.2, -0.15) is 0 Å². The molecule has 2 N–H and O–H groups in total. The molecular weight excluding hydrogens is 394 g/mol. The van der Waals surface area contributed by atoms with Crippen LogP contribution in [0.2, 0.25) is 0 Å². The van der Waals surface area contributed by atoms with Crippen molar-refractivity contribution in [3.63, 3.8) is 0 Å². The van der Waals surface area contributed by atoms with Crippen molar-refractivity contribution in [2.75, 3.05) is 0 Å². The van der Waals surface area contributed by atoms with Gasteiger partial charge >= 0.3 is 0 Å². The van der Waals surface area contributed by atoms with Crippen LogP contribution in [0.3, 0.4) is 0 Å². The second-order valence-electron chi connectivity index (χ2n) is 8.27. The number of amides is 2. The molecule has 0 spiro atoms. The molecule has 0 unspecified atom stereocenters. The summed E-state index contributed by atoms with van der Waals surface area (Å²) in [5, 5.41) is 22.5. The number of likely N-dealkylation sites (tertiary alicyclic amines) is 1. The number of rotatable bonds is 4. The van der Waals surface area contributed by atoms with E-state index in [1.165, 1.54) is 16.2 Å². The number of hydrogen-bond acceptors (Lipinski definition) is 7. The van der Waals surface area contributed by atoms with Crippen molar-refractivity contribution in [2.24, 2.45) is 23.7 Å². The molecule has 0 bridgehead atoms. The van der Waals surface area contributed by atoms with Crippen molar-refractivity contribution in [3.05, 3.63) is 46.0 Å². The van der Waals surface area contributed by atoms with Gasteiger partial charge in [-0.1, -0.05) is 13.0 Å². The highest BCUT2D eigenvalue weighted by atomic mass is 32.1. The Labute approximate surface area is 171 Å². The van der Waals surface area contributed by atoms with Crippen LogP contribution in [0.15, 0.2) is 34.1 Å². The molecule has 1 saturated carbocycles. The van der Waals surface area contributed by atoms with E-state index in [1.807, 2.05) is 24.4 Å². The van der Waals surface area contributed by atoms with Gasteiger partial charge < -0.3 is 19.4 Å². The minimum Gasteiger partial charge on any atom is -0.461 e. The Bertz CT molecular complexity index is 939. The molecule has 2 saturated heterocycles. The van der Waals surface area contributed by atoms with Crippen LogP contribution in [0.5, 0.6) is 0 Å². The average Bonchev–Trinajstić information content (AvgIpc) is 3.47. The lowest BCUT2D eigenvalue weighted by atomic mass is 9.65. The highest BCUT2D eigenvalue weighted by Gasteiger charge is 2.66. The number of fused-ring (bicyclic) bond motifs is 3. The molecule has 6 atom stereocenters. The van der Waals surface area contributed by atoms with Gasteiger partial charge in [-0.15, -0.1) is 11.3 Å². The van der Waals surface area contributed by atoms with E-state index >= 15 is 0 Å². The fourth-order valence-corrected chi connectivity index (χ4v) is 5.95. The molecule has 2 aromatic rings. The Morgan fingerprint density at radius 3 is 2.76 bits per heavy atom. The number of carbonyl (C=O) groups is 2. The molecule has 1 aliphatic carbocycles. The van der Waals surface area contributed by atoms with Gasteiger partial charge in [0.25, 0.3) is 0 Å². The fraction of sp³-hybridized carbons (Fsp3) is 0.524. The molecule has 154 valence electrons. The van der Waals surface area contributed by atoms with E-state index in [4.69, 9.17) is 9.15 Å². The maximum Gasteiger partial charge on any atom is 0.233 e. The molecule has 3 aliphatic rings. The molecule has 0 aromatic carbocycles. The summed E-state index contributed by atoms with van der Waals surface area (Å²) in [5.74, 6) is -2.67. The standard InChI is InChI=1S/C21H23NO6S/c1-11-7-14-18(20(25)22(19(14)24)9-13-3-2-6-29-13)15-8-17(28-21(11,15)26)16-5-4-12(10-23)27-16/h2-6,11,14-15,17-18,23,26H,7-10H2,1H3/t11-,14-,15-,17-,18-,21+/m0/s1. The first-order valence-electron chi connectivity index (χ1n) is 9.89. The number of aliphatic hydroxyl groups excluding tert-OH is 1. The van der Waals surface area contributed by atoms with Gasteiger partial charge in [0.2, 0.25) is 11.8 Å². The van der Waals surface area contributed by atoms with E-state index in [0.29, 0.717) is 24.4 Å². The summed E-state index contributed by atoms with van der Waals surface area (Å²) in [5.41, 5.74) is 0. The molecule has 4 heterocycles. The quantitative estimate of drug-likeness (QED) is 0.742. The van der Waals surface area contributed by atoms with Crippen LogP contribution < -0.4 is 0 Å². The van der Waals surface area contributed by atoms with Crippen molar-refractivity contribution in [3.8, 4) is 0 Å². The SMILES string of the molecule is C[C@H]1C[C@@H]2C(=O)N(Cc3cccs3)C(=O)[C@@H]2[C@@H]2C[C@@H](c3ccc(CO)o3)O[C@]12O. The van der Waals surface area contributed by atoms with E-state index in [0.717, 1.165) is 4.88 Å². The first-order valence-corrected chi connectivity index (χ1v) is 10.8. The van der Waals surface area contributed by atoms with E-state index < -0.39 is 29.6 Å². The topological polar surface area (TPSA) is 100 Å². The summed E-state index contributed by atoms with van der Waals surface area (Å²) in [7, 11) is 0. The minimum absolute atomic E-state index is 0.147. The van der Waals surface area contributed by atoms with Crippen LogP contribution in [0.4, 0.5) is 0 Å². The molecule has 8 heteroatoms. The smallest absolute Gasteiger partial charge is 0.233 e. The van der Waals surface area contributed by atoms with Gasteiger partial charge in [-0.3, -0.25) is 14.5 Å². The lowest BCUT2D eigenvalue weighted by Gasteiger charge is -2.43. The largest absolute Gasteiger partial charge is 0.461 e. The van der Waals surface area contributed by atoms with E-state index in [9.17, 15) is 19.8 Å². The second-order valence-corrected chi connectivity index (χ2v) is 9.31. The fourth-order valence-electron chi connectivity index (χ4n) is 5.25. The normalized spacial score (nSPS) is 36.5. The maximum absolute atomic E-state index is 13.2. The number of thiophene rings is 1. The van der Waals surface area contributed by atoms with Gasteiger partial charge in [-0.05, 0) is 36.4 Å². The lowest BCUT2D eigenvalue weighted by Crippen LogP contribution is -2.52. The van der Waals surface area contributed by atoms with Gasteiger partial charge in [0, 0.05) is 16.7 Å². The van der Waals surface area contributed by atoms with Crippen molar-refractivity contribution in [2.45, 2.75) is 44.8 Å². The molecule has 2 amide bonds. The van der Waals surface area contributed by atoms with Crippen LogP contribution >= 0.6 is 11.3 Å². The predicted molar refractivity (Wildman–Crippen MR) is 102 cm³/mol. The molecule has 5 rings (SSSR count). The minimum atomic E-state index is -1.48. The molecule has 2 aromatic heterocycles. The highest BCUT2D eigenvalue weighted by molar-refractivity contribution is 7.09. The van der Waals surface area contributed by atoms with Crippen LogP contribution in [0, 0.1) is 23.7 Å². The molecular formula is C21H23NO6S. The summed E-state index contributed by atoms with van der Waals surface area (Å²) >= 11 is 1.52. The highest BCUT2D eigenvalue weighted by Crippen LogP contribution is 2.58. The predicted octanol–water partition coefficient (Wildman–Crippen LogP) is 2.44. The van der Waals surface area contributed by atoms with E-state index in [-0.39, 0.29) is 30.9 Å². The summed E-state index contributed by atoms with van der Waals surface area (Å²) < 4.78 is 11.6. The Kier molecular flexibility index (Phi) is 4.43. The summed E-state index contributed by atoms with van der Waals surface area (Å²) in [6, 6.07) is 7.21. The number of hydrogen-bond donors (Lipinski definition) is 2. The average molecular weight is 417 g/mol. The van der Waals surface area contributed by atoms with Crippen molar-refractivity contribution in [1.82, 2.24) is 4.90 Å². The zero-order valence-corrected chi connectivity index (χ0v) is 16.8. The first-order chi connectivity index (χ1) is 13.9. The van der Waals surface area contributed by atoms with Crippen LogP contribution in [0.25, 0.3) is 0 Å². The third-order valence-electron chi connectivity index (χ3n) is 6.69. The third-order valence-corrected chi connectivity index (χ3v) is 7.56. The summed E-state index contributed by atoms with van der Waals surface area (Å²) in [4.78, 5) is 28.6. The summed E-state index contributed by atoms with van der Waals surface area (Å²) in [6.07, 6.45) is 0.295. The van der Waals surface area contributed by atoms with Gasteiger partial charge in [0.05, 0.1) is 18.4 Å². The number of furan rings is 1. The zero-order valence-electron chi connectivity index (χ0n) is 16.0. The van der Waals surface area contributed by atoms with Crippen LogP contribution in [0.1, 0.15) is 42.3 Å². The molecule has 29 heavy (non-hydrogen) atoms. The van der Waals surface area contributed by atoms with Crippen molar-refractivity contribution in [1.29, 1.82) is 0 Å². The Morgan fingerprint density at radius 2 is 2.07 bits per heavy atom. The number of ether oxygens (including phenoxy) is 1. The molecule has 7 nitrogen and oxygen atoms in total. The monoisotopic (exact) mass is 417 g/mol. The zero-order chi connectivity index (χ0) is 20.3. The third kappa shape index (κ3) is 2.81. The van der Waals surface area contributed by atoms with Gasteiger partial charge in [-0.25, -0.2) is 0 Å². The van der Waals surface area contributed by atoms with Gasteiger partial charge in [0.15, 0.2) is 5.79 Å². The van der Waals surface area contributed by atoms with E-state index in [2.05, 4.69) is 0 Å². The Morgan fingerprint density at radius 1 is 1.24 bits per heavy atom.